The summed E-state index contributed by atoms with van der Waals surface area (Å²) in [6, 6.07) is 17.6. The van der Waals surface area contributed by atoms with Crippen molar-refractivity contribution in [1.82, 2.24) is 25.1 Å². The lowest BCUT2D eigenvalue weighted by atomic mass is 9.81. The van der Waals surface area contributed by atoms with Crippen LogP contribution < -0.4 is 14.8 Å². The third kappa shape index (κ3) is 5.40. The van der Waals surface area contributed by atoms with Crippen LogP contribution in [0.2, 0.25) is 0 Å². The average molecular weight is 560 g/mol. The Hall–Kier alpha value is -4.31. The van der Waals surface area contributed by atoms with Gasteiger partial charge in [-0.1, -0.05) is 31.7 Å². The van der Waals surface area contributed by atoms with Crippen molar-refractivity contribution in [1.29, 1.82) is 0 Å². The number of benzene rings is 3. The van der Waals surface area contributed by atoms with E-state index in [9.17, 15) is 9.18 Å². The van der Waals surface area contributed by atoms with Gasteiger partial charge in [0.2, 0.25) is 0 Å². The summed E-state index contributed by atoms with van der Waals surface area (Å²) in [5.41, 5.74) is 3.69. The number of aromatic amines is 1. The van der Waals surface area contributed by atoms with E-state index in [1.54, 1.807) is 38.6 Å². The Morgan fingerprint density at radius 2 is 1.80 bits per heavy atom. The zero-order valence-electron chi connectivity index (χ0n) is 22.7. The molecule has 0 aliphatic heterocycles. The third-order valence-electron chi connectivity index (χ3n) is 6.88. The van der Waals surface area contributed by atoms with Gasteiger partial charge in [-0.3, -0.25) is 14.5 Å². The summed E-state index contributed by atoms with van der Waals surface area (Å²) in [4.78, 5) is 17.4. The van der Waals surface area contributed by atoms with Gasteiger partial charge in [-0.15, -0.1) is 0 Å². The van der Waals surface area contributed by atoms with E-state index in [0.29, 0.717) is 29.4 Å². The molecule has 0 radical (unpaired) electrons. The lowest BCUT2D eigenvalue weighted by molar-refractivity contribution is 0.0956. The monoisotopic (exact) mass is 559 g/mol. The number of imidazole rings is 1. The molecule has 0 saturated carbocycles. The van der Waals surface area contributed by atoms with Gasteiger partial charge in [0.25, 0.3) is 5.91 Å². The van der Waals surface area contributed by atoms with Crippen LogP contribution in [0.5, 0.6) is 11.5 Å². The lowest BCUT2D eigenvalue weighted by Crippen LogP contribution is -2.26. The van der Waals surface area contributed by atoms with Gasteiger partial charge in [0, 0.05) is 34.3 Å². The van der Waals surface area contributed by atoms with E-state index in [1.165, 1.54) is 23.9 Å². The van der Waals surface area contributed by atoms with Crippen molar-refractivity contribution < 1.29 is 18.7 Å². The molecule has 2 heterocycles. The summed E-state index contributed by atoms with van der Waals surface area (Å²) in [5, 5.41) is 11.5. The summed E-state index contributed by atoms with van der Waals surface area (Å²) in [5.74, 6) is 1.42. The van der Waals surface area contributed by atoms with Gasteiger partial charge in [-0.25, -0.2) is 9.37 Å². The van der Waals surface area contributed by atoms with E-state index >= 15 is 0 Å². The minimum Gasteiger partial charge on any atom is -0.493 e. The maximum Gasteiger partial charge on any atom is 0.251 e. The number of aromatic nitrogens is 4. The van der Waals surface area contributed by atoms with Crippen molar-refractivity contribution >= 4 is 28.6 Å². The average Bonchev–Trinajstić information content (AvgIpc) is 3.62. The molecule has 0 spiro atoms. The molecule has 3 aromatic carbocycles. The summed E-state index contributed by atoms with van der Waals surface area (Å²) in [6.07, 6.45) is 3.54. The molecule has 8 nitrogen and oxygen atoms in total. The van der Waals surface area contributed by atoms with Crippen molar-refractivity contribution in [2.75, 3.05) is 26.5 Å². The standard InChI is InChI=1S/C30H30FN5O3S/c1-30(2,21-6-12-25(38-3)26(16-21)39-4)27-18-33-29(36(27)23-9-7-22(31)8-10-23)40-14-13-32-28(37)19-5-11-24-20(15-19)17-34-35-24/h5-12,15-18H,13-14H2,1-4H3,(H,32,37)(H,34,35). The van der Waals surface area contributed by atoms with Crippen LogP contribution in [0.4, 0.5) is 4.39 Å². The number of halogens is 1. The normalized spacial score (nSPS) is 11.5. The molecule has 0 fully saturated rings. The Bertz CT molecular complexity index is 1650. The number of nitrogens with one attached hydrogen (secondary N) is 2. The number of rotatable bonds is 10. The number of hydrogen-bond donors (Lipinski definition) is 2. The Morgan fingerprint density at radius 1 is 1.02 bits per heavy atom. The van der Waals surface area contributed by atoms with Crippen molar-refractivity contribution in [2.24, 2.45) is 0 Å². The fourth-order valence-electron chi connectivity index (χ4n) is 4.58. The topological polar surface area (TPSA) is 94.1 Å². The molecule has 0 aliphatic rings. The molecule has 206 valence electrons. The highest BCUT2D eigenvalue weighted by Gasteiger charge is 2.30. The summed E-state index contributed by atoms with van der Waals surface area (Å²) in [7, 11) is 3.22. The van der Waals surface area contributed by atoms with Gasteiger partial charge < -0.3 is 14.8 Å². The van der Waals surface area contributed by atoms with Crippen LogP contribution in [0.25, 0.3) is 16.6 Å². The predicted octanol–water partition coefficient (Wildman–Crippen LogP) is 5.75. The Kier molecular flexibility index (Phi) is 7.79. The van der Waals surface area contributed by atoms with Crippen molar-refractivity contribution in [2.45, 2.75) is 24.4 Å². The fraction of sp³-hybridized carbons (Fsp3) is 0.233. The molecule has 5 rings (SSSR count). The molecule has 10 heteroatoms. The number of ether oxygens (including phenoxy) is 2. The maximum absolute atomic E-state index is 13.8. The number of hydrogen-bond acceptors (Lipinski definition) is 6. The molecular weight excluding hydrogens is 529 g/mol. The van der Waals surface area contributed by atoms with E-state index in [4.69, 9.17) is 14.5 Å². The molecule has 0 atom stereocenters. The van der Waals surface area contributed by atoms with E-state index in [1.807, 2.05) is 41.1 Å². The first-order chi connectivity index (χ1) is 19.3. The minimum absolute atomic E-state index is 0.152. The molecule has 40 heavy (non-hydrogen) atoms. The smallest absolute Gasteiger partial charge is 0.251 e. The first-order valence-corrected chi connectivity index (χ1v) is 13.7. The van der Waals surface area contributed by atoms with Crippen LogP contribution in [0.15, 0.2) is 78.2 Å². The Morgan fingerprint density at radius 3 is 2.55 bits per heavy atom. The third-order valence-corrected chi connectivity index (χ3v) is 7.84. The second kappa shape index (κ2) is 11.4. The quantitative estimate of drug-likeness (QED) is 0.167. The van der Waals surface area contributed by atoms with Gasteiger partial charge in [0.15, 0.2) is 16.7 Å². The van der Waals surface area contributed by atoms with Gasteiger partial charge in [-0.2, -0.15) is 5.10 Å². The highest BCUT2D eigenvalue weighted by molar-refractivity contribution is 7.99. The van der Waals surface area contributed by atoms with E-state index in [-0.39, 0.29) is 11.7 Å². The predicted molar refractivity (Wildman–Crippen MR) is 154 cm³/mol. The molecule has 2 aromatic heterocycles. The van der Waals surface area contributed by atoms with E-state index in [0.717, 1.165) is 33.0 Å². The summed E-state index contributed by atoms with van der Waals surface area (Å²) < 4.78 is 26.8. The first kappa shape index (κ1) is 27.3. The molecule has 0 bridgehead atoms. The summed E-state index contributed by atoms with van der Waals surface area (Å²) in [6.45, 7) is 4.66. The lowest BCUT2D eigenvalue weighted by Gasteiger charge is -2.28. The van der Waals surface area contributed by atoms with Crippen molar-refractivity contribution in [3.63, 3.8) is 0 Å². The fourth-order valence-corrected chi connectivity index (χ4v) is 5.43. The van der Waals surface area contributed by atoms with E-state index < -0.39 is 5.41 Å². The molecular formula is C30H30FN5O3S. The number of amides is 1. The number of thioether (sulfide) groups is 1. The minimum atomic E-state index is -0.486. The number of H-pyrrole nitrogens is 1. The van der Waals surface area contributed by atoms with Gasteiger partial charge in [0.1, 0.15) is 5.82 Å². The molecule has 0 saturated heterocycles. The number of nitrogens with zero attached hydrogens (tertiary/aromatic N) is 3. The van der Waals surface area contributed by atoms with Crippen LogP contribution >= 0.6 is 11.8 Å². The molecule has 0 unspecified atom stereocenters. The van der Waals surface area contributed by atoms with Gasteiger partial charge in [-0.05, 0) is 60.2 Å². The van der Waals surface area contributed by atoms with E-state index in [2.05, 4.69) is 29.4 Å². The van der Waals surface area contributed by atoms with Crippen LogP contribution in [0.3, 0.4) is 0 Å². The van der Waals surface area contributed by atoms with Crippen LogP contribution in [-0.4, -0.2) is 52.2 Å². The molecule has 5 aromatic rings. The van der Waals surface area contributed by atoms with Crippen molar-refractivity contribution in [3.05, 3.63) is 95.7 Å². The van der Waals surface area contributed by atoms with Crippen LogP contribution in [0, 0.1) is 5.82 Å². The summed E-state index contributed by atoms with van der Waals surface area (Å²) >= 11 is 1.52. The van der Waals surface area contributed by atoms with Crippen LogP contribution in [-0.2, 0) is 5.41 Å². The second-order valence-electron chi connectivity index (χ2n) is 9.71. The second-order valence-corrected chi connectivity index (χ2v) is 10.8. The highest BCUT2D eigenvalue weighted by Crippen LogP contribution is 2.39. The van der Waals surface area contributed by atoms with Gasteiger partial charge >= 0.3 is 0 Å². The number of carbonyl (C=O) groups is 1. The Balaban J connectivity index is 1.38. The van der Waals surface area contributed by atoms with Gasteiger partial charge in [0.05, 0.1) is 37.8 Å². The molecule has 0 aliphatic carbocycles. The molecule has 1 amide bonds. The number of carbonyl (C=O) groups excluding carboxylic acids is 1. The molecule has 2 N–H and O–H groups in total. The first-order valence-electron chi connectivity index (χ1n) is 12.7. The number of fused-ring (bicyclic) bond motifs is 1. The zero-order chi connectivity index (χ0) is 28.3. The largest absolute Gasteiger partial charge is 0.493 e. The number of methoxy groups -OCH3 is 2. The van der Waals surface area contributed by atoms with Crippen LogP contribution in [0.1, 0.15) is 35.5 Å². The highest BCUT2D eigenvalue weighted by atomic mass is 32.2. The van der Waals surface area contributed by atoms with Crippen molar-refractivity contribution in [3.8, 4) is 17.2 Å². The zero-order valence-corrected chi connectivity index (χ0v) is 23.5. The maximum atomic E-state index is 13.8. The SMILES string of the molecule is COc1ccc(C(C)(C)c2cnc(SCCNC(=O)c3ccc4[nH]ncc4c3)n2-c2ccc(F)cc2)cc1OC. The Labute approximate surface area is 235 Å².